The van der Waals surface area contributed by atoms with E-state index >= 15 is 0 Å². The lowest BCUT2D eigenvalue weighted by Gasteiger charge is -2.43. The summed E-state index contributed by atoms with van der Waals surface area (Å²) in [7, 11) is 0. The second-order valence-electron chi connectivity index (χ2n) is 10.4. The van der Waals surface area contributed by atoms with Gasteiger partial charge < -0.3 is 19.9 Å². The Kier molecular flexibility index (Phi) is 10.7. The topological polar surface area (TPSA) is 71.0 Å². The van der Waals surface area contributed by atoms with Crippen molar-refractivity contribution in [1.82, 2.24) is 10.2 Å². The number of alkyl halides is 3. The Balaban J connectivity index is 1.54. The van der Waals surface area contributed by atoms with Crippen molar-refractivity contribution in [3.63, 3.8) is 0 Å². The number of nitrogens with zero attached hydrogens (tertiary/aromatic N) is 1. The van der Waals surface area contributed by atoms with Gasteiger partial charge in [0.05, 0.1) is 18.8 Å². The van der Waals surface area contributed by atoms with Crippen molar-refractivity contribution < 1.29 is 19.4 Å². The van der Waals surface area contributed by atoms with Crippen molar-refractivity contribution in [3.8, 4) is 0 Å². The molecule has 2 aromatic carbocycles. The molecular weight excluding hydrogens is 559 g/mol. The highest BCUT2D eigenvalue weighted by Gasteiger charge is 2.40. The minimum Gasteiger partial charge on any atom is -0.392 e. The van der Waals surface area contributed by atoms with E-state index in [-0.39, 0.29) is 31.3 Å². The summed E-state index contributed by atoms with van der Waals surface area (Å²) in [5.41, 5.74) is 3.66. The molecule has 0 bridgehead atoms. The van der Waals surface area contributed by atoms with Crippen LogP contribution in [0, 0.1) is 5.92 Å². The first-order valence-corrected chi connectivity index (χ1v) is 14.6. The molecule has 6 nitrogen and oxygen atoms in total. The van der Waals surface area contributed by atoms with Crippen LogP contribution in [-0.4, -0.2) is 44.9 Å². The second kappa shape index (κ2) is 13.8. The number of carbonyl (C=O) groups excluding carboxylic acids is 1. The summed E-state index contributed by atoms with van der Waals surface area (Å²) in [6.45, 7) is 8.04. The van der Waals surface area contributed by atoms with E-state index in [9.17, 15) is 9.90 Å². The van der Waals surface area contributed by atoms with Crippen molar-refractivity contribution >= 4 is 40.7 Å². The summed E-state index contributed by atoms with van der Waals surface area (Å²) < 4.78 is 11.2. The molecule has 9 heteroatoms. The summed E-state index contributed by atoms with van der Waals surface area (Å²) in [5, 5.41) is 12.1. The molecule has 0 radical (unpaired) electrons. The van der Waals surface area contributed by atoms with Crippen LogP contribution in [0.25, 0.3) is 0 Å². The SMILES string of the molecule is C=CCN(C[C@@H]1O[C@H](c2ccc(CNC(=O)C(Cl)(Cl)Cl)cc2)O[C@H](c2ccc(CO)cc2)[C@@H]1C)C1CCCC1. The number of benzene rings is 2. The van der Waals surface area contributed by atoms with Gasteiger partial charge in [0.1, 0.15) is 0 Å². The first-order chi connectivity index (χ1) is 18.7. The summed E-state index contributed by atoms with van der Waals surface area (Å²) in [5.74, 6) is -0.569. The number of amides is 1. The van der Waals surface area contributed by atoms with E-state index in [1.807, 2.05) is 54.6 Å². The minimum absolute atomic E-state index is 0.00207. The molecule has 1 amide bonds. The summed E-state index contributed by atoms with van der Waals surface area (Å²) in [4.78, 5) is 14.4. The van der Waals surface area contributed by atoms with Gasteiger partial charge in [0.25, 0.3) is 9.70 Å². The maximum Gasteiger partial charge on any atom is 0.272 e. The molecule has 0 aromatic heterocycles. The standard InChI is InChI=1S/C30H37Cl3N2O4/c1-3-16-35(25-6-4-5-7-25)18-26-20(2)27(23-12-10-22(19-36)11-13-23)39-28(38-26)24-14-8-21(9-15-24)17-34-29(37)30(31,32)33/h3,8-15,20,25-28,36H,1,4-7,16-19H2,2H3,(H,34,37)/t20-,26+,27+,28+/m1/s1. The lowest BCUT2D eigenvalue weighted by atomic mass is 9.89. The Labute approximate surface area is 246 Å². The minimum atomic E-state index is -2.00. The first kappa shape index (κ1) is 30.3. The van der Waals surface area contributed by atoms with E-state index in [1.165, 1.54) is 25.7 Å². The molecule has 0 unspecified atom stereocenters. The highest BCUT2D eigenvalue weighted by molar-refractivity contribution is 6.76. The molecule has 2 aromatic rings. The molecule has 1 aliphatic carbocycles. The van der Waals surface area contributed by atoms with Gasteiger partial charge in [0.2, 0.25) is 0 Å². The average molecular weight is 596 g/mol. The van der Waals surface area contributed by atoms with Crippen LogP contribution < -0.4 is 5.32 Å². The Bertz CT molecular complexity index is 1080. The van der Waals surface area contributed by atoms with E-state index in [2.05, 4.69) is 23.7 Å². The monoisotopic (exact) mass is 594 g/mol. The normalized spacial score (nSPS) is 24.2. The van der Waals surface area contributed by atoms with E-state index in [0.29, 0.717) is 6.04 Å². The van der Waals surface area contributed by atoms with Gasteiger partial charge in [-0.05, 0) is 29.5 Å². The van der Waals surface area contributed by atoms with E-state index in [0.717, 1.165) is 35.3 Å². The van der Waals surface area contributed by atoms with Gasteiger partial charge >= 0.3 is 0 Å². The fourth-order valence-electron chi connectivity index (χ4n) is 5.44. The quantitative estimate of drug-likeness (QED) is 0.246. The van der Waals surface area contributed by atoms with Crippen LogP contribution in [0.5, 0.6) is 0 Å². The van der Waals surface area contributed by atoms with E-state index in [4.69, 9.17) is 44.3 Å². The Morgan fingerprint density at radius 1 is 1.05 bits per heavy atom. The van der Waals surface area contributed by atoms with Crippen molar-refractivity contribution in [1.29, 1.82) is 0 Å². The number of aliphatic hydroxyl groups excluding tert-OH is 1. The fraction of sp³-hybridized carbons (Fsp3) is 0.500. The van der Waals surface area contributed by atoms with Crippen LogP contribution in [0.2, 0.25) is 0 Å². The van der Waals surface area contributed by atoms with Gasteiger partial charge in [-0.15, -0.1) is 6.58 Å². The van der Waals surface area contributed by atoms with Crippen LogP contribution in [-0.2, 0) is 27.4 Å². The van der Waals surface area contributed by atoms with Crippen LogP contribution in [0.4, 0.5) is 0 Å². The highest BCUT2D eigenvalue weighted by atomic mass is 35.6. The van der Waals surface area contributed by atoms with Crippen LogP contribution in [0.3, 0.4) is 0 Å². The number of rotatable bonds is 10. The highest BCUT2D eigenvalue weighted by Crippen LogP contribution is 2.42. The van der Waals surface area contributed by atoms with Crippen molar-refractivity contribution in [2.45, 2.75) is 74.1 Å². The van der Waals surface area contributed by atoms with Gasteiger partial charge in [-0.1, -0.05) is 109 Å². The third kappa shape index (κ3) is 7.98. The summed E-state index contributed by atoms with van der Waals surface area (Å²) in [6.07, 6.45) is 6.11. The molecule has 2 aliphatic rings. The van der Waals surface area contributed by atoms with Gasteiger partial charge in [-0.2, -0.15) is 0 Å². The molecule has 39 heavy (non-hydrogen) atoms. The second-order valence-corrected chi connectivity index (χ2v) is 12.7. The maximum atomic E-state index is 11.9. The summed E-state index contributed by atoms with van der Waals surface area (Å²) >= 11 is 16.9. The van der Waals surface area contributed by atoms with E-state index in [1.54, 1.807) is 0 Å². The van der Waals surface area contributed by atoms with Crippen molar-refractivity contribution in [2.24, 2.45) is 5.92 Å². The molecule has 1 heterocycles. The number of aliphatic hydroxyl groups is 1. The molecule has 212 valence electrons. The number of nitrogens with one attached hydrogen (secondary N) is 1. The molecule has 1 aliphatic heterocycles. The molecular formula is C30H37Cl3N2O4. The van der Waals surface area contributed by atoms with Crippen LogP contribution >= 0.6 is 34.8 Å². The third-order valence-electron chi connectivity index (χ3n) is 7.70. The zero-order valence-electron chi connectivity index (χ0n) is 22.2. The van der Waals surface area contributed by atoms with Gasteiger partial charge in [-0.3, -0.25) is 9.69 Å². The number of ether oxygens (including phenoxy) is 2. The molecule has 4 atom stereocenters. The lowest BCUT2D eigenvalue weighted by molar-refractivity contribution is -0.276. The average Bonchev–Trinajstić information content (AvgIpc) is 3.47. The first-order valence-electron chi connectivity index (χ1n) is 13.5. The Morgan fingerprint density at radius 3 is 2.26 bits per heavy atom. The Morgan fingerprint density at radius 2 is 1.67 bits per heavy atom. The number of carbonyl (C=O) groups is 1. The van der Waals surface area contributed by atoms with Crippen LogP contribution in [0.15, 0.2) is 61.2 Å². The van der Waals surface area contributed by atoms with Crippen molar-refractivity contribution in [2.75, 3.05) is 13.1 Å². The zero-order valence-corrected chi connectivity index (χ0v) is 24.5. The van der Waals surface area contributed by atoms with Crippen LogP contribution in [0.1, 0.15) is 67.3 Å². The smallest absolute Gasteiger partial charge is 0.272 e. The Hall–Kier alpha value is -1.64. The molecule has 2 fully saturated rings. The molecule has 2 N–H and O–H groups in total. The van der Waals surface area contributed by atoms with Gasteiger partial charge in [0.15, 0.2) is 6.29 Å². The largest absolute Gasteiger partial charge is 0.392 e. The van der Waals surface area contributed by atoms with Gasteiger partial charge in [-0.25, -0.2) is 0 Å². The zero-order chi connectivity index (χ0) is 28.0. The maximum absolute atomic E-state index is 11.9. The predicted octanol–water partition coefficient (Wildman–Crippen LogP) is 6.39. The van der Waals surface area contributed by atoms with E-state index < -0.39 is 16.0 Å². The third-order valence-corrected chi connectivity index (χ3v) is 8.22. The number of hydrogen-bond acceptors (Lipinski definition) is 5. The number of halogens is 3. The molecule has 1 saturated heterocycles. The van der Waals surface area contributed by atoms with Gasteiger partial charge in [0, 0.05) is 37.2 Å². The molecule has 0 spiro atoms. The molecule has 4 rings (SSSR count). The predicted molar refractivity (Wildman–Crippen MR) is 156 cm³/mol. The number of hydrogen-bond donors (Lipinski definition) is 2. The summed E-state index contributed by atoms with van der Waals surface area (Å²) in [6, 6.07) is 16.2. The molecule has 1 saturated carbocycles. The lowest BCUT2D eigenvalue weighted by Crippen LogP contribution is -2.47. The fourth-order valence-corrected chi connectivity index (χ4v) is 5.64. The van der Waals surface area contributed by atoms with Crippen molar-refractivity contribution in [3.05, 3.63) is 83.4 Å².